The third-order valence-electron chi connectivity index (χ3n) is 6.54. The minimum atomic E-state index is -0.421. The second kappa shape index (κ2) is 11.9. The van der Waals surface area contributed by atoms with Gasteiger partial charge in [0.05, 0.1) is 11.2 Å². The number of hydrogen-bond donors (Lipinski definition) is 0. The SMILES string of the molecule is CCC(O[SiH2]CCC[SiH2]OC(CC)(C(C)C)C(C)C)(C(C)C)C(C)C. The summed E-state index contributed by atoms with van der Waals surface area (Å²) in [6, 6.07) is 2.61. The molecule has 0 aromatic heterocycles. The molecule has 0 atom stereocenters. The average molecular weight is 389 g/mol. The lowest BCUT2D eigenvalue weighted by atomic mass is 9.78. The highest BCUT2D eigenvalue weighted by atomic mass is 28.2. The first-order chi connectivity index (χ1) is 11.6. The lowest BCUT2D eigenvalue weighted by Crippen LogP contribution is -2.44. The van der Waals surface area contributed by atoms with Crippen LogP contribution in [0, 0.1) is 23.7 Å². The molecule has 0 unspecified atom stereocenters. The van der Waals surface area contributed by atoms with E-state index in [9.17, 15) is 0 Å². The first-order valence-electron chi connectivity index (χ1n) is 10.9. The zero-order valence-electron chi connectivity index (χ0n) is 19.1. The fourth-order valence-corrected chi connectivity index (χ4v) is 9.36. The summed E-state index contributed by atoms with van der Waals surface area (Å²) in [5.74, 6) is 2.41. The second-order valence-corrected chi connectivity index (χ2v) is 11.8. The van der Waals surface area contributed by atoms with Gasteiger partial charge in [0.25, 0.3) is 0 Å². The summed E-state index contributed by atoms with van der Waals surface area (Å²) in [7, 11) is -0.843. The molecule has 0 amide bonds. The summed E-state index contributed by atoms with van der Waals surface area (Å²) in [6.45, 7) is 23.1. The van der Waals surface area contributed by atoms with E-state index in [1.54, 1.807) is 0 Å². The molecule has 0 bridgehead atoms. The van der Waals surface area contributed by atoms with Crippen LogP contribution in [-0.2, 0) is 8.85 Å². The van der Waals surface area contributed by atoms with Crippen LogP contribution in [0.2, 0.25) is 12.1 Å². The van der Waals surface area contributed by atoms with Crippen molar-refractivity contribution in [1.82, 2.24) is 0 Å². The van der Waals surface area contributed by atoms with Crippen molar-refractivity contribution < 1.29 is 8.85 Å². The van der Waals surface area contributed by atoms with E-state index < -0.39 is 19.5 Å². The Morgan fingerprint density at radius 1 is 0.600 bits per heavy atom. The van der Waals surface area contributed by atoms with E-state index in [-0.39, 0.29) is 11.2 Å². The van der Waals surface area contributed by atoms with Crippen molar-refractivity contribution in [2.24, 2.45) is 23.7 Å². The Labute approximate surface area is 164 Å². The number of hydrogen-bond acceptors (Lipinski definition) is 2. The summed E-state index contributed by atoms with van der Waals surface area (Å²) in [5.41, 5.74) is 0.208. The molecule has 0 aliphatic heterocycles. The summed E-state index contributed by atoms with van der Waals surface area (Å²) in [6.07, 6.45) is 3.58. The van der Waals surface area contributed by atoms with Gasteiger partial charge in [0.2, 0.25) is 0 Å². The molecule has 152 valence electrons. The molecule has 2 nitrogen and oxygen atoms in total. The Morgan fingerprint density at radius 3 is 1.08 bits per heavy atom. The van der Waals surface area contributed by atoms with Gasteiger partial charge in [-0.25, -0.2) is 0 Å². The van der Waals surface area contributed by atoms with Gasteiger partial charge >= 0.3 is 0 Å². The molecule has 0 saturated heterocycles. The maximum atomic E-state index is 6.56. The third-order valence-corrected chi connectivity index (χ3v) is 9.61. The van der Waals surface area contributed by atoms with Crippen molar-refractivity contribution in [3.8, 4) is 0 Å². The van der Waals surface area contributed by atoms with Gasteiger partial charge < -0.3 is 8.85 Å². The molecular formula is C21H48O2Si2. The van der Waals surface area contributed by atoms with Crippen LogP contribution in [-0.4, -0.2) is 30.7 Å². The van der Waals surface area contributed by atoms with E-state index in [4.69, 9.17) is 8.85 Å². The van der Waals surface area contributed by atoms with E-state index in [0.717, 1.165) is 12.8 Å². The molecule has 0 N–H and O–H groups in total. The maximum Gasteiger partial charge on any atom is 0.162 e. The molecule has 0 radical (unpaired) electrons. The normalized spacial score (nSPS) is 14.6. The standard InChI is InChI=1S/C21H48O2Si2/c1-11-20(16(3)4,17(5)6)22-24-14-13-15-25-23-21(12-2,18(7)8)19(9)10/h16-19H,11-15,24-25H2,1-10H3. The Hall–Kier alpha value is 0.354. The zero-order valence-corrected chi connectivity index (χ0v) is 21.9. The highest BCUT2D eigenvalue weighted by Crippen LogP contribution is 2.34. The summed E-state index contributed by atoms with van der Waals surface area (Å²) >= 11 is 0. The highest BCUT2D eigenvalue weighted by molar-refractivity contribution is 6.29. The first-order valence-corrected chi connectivity index (χ1v) is 14.0. The fraction of sp³-hybridized carbons (Fsp3) is 1.00. The van der Waals surface area contributed by atoms with Gasteiger partial charge in [0.15, 0.2) is 19.5 Å². The smallest absolute Gasteiger partial charge is 0.162 e. The molecule has 0 rings (SSSR count). The minimum Gasteiger partial charge on any atom is -0.418 e. The van der Waals surface area contributed by atoms with Crippen LogP contribution in [0.3, 0.4) is 0 Å². The molecule has 0 spiro atoms. The van der Waals surface area contributed by atoms with Crippen molar-refractivity contribution >= 4 is 19.5 Å². The largest absolute Gasteiger partial charge is 0.418 e. The predicted octanol–water partition coefficient (Wildman–Crippen LogP) is 5.34. The highest BCUT2D eigenvalue weighted by Gasteiger charge is 2.36. The molecule has 4 heteroatoms. The first kappa shape index (κ1) is 25.4. The van der Waals surface area contributed by atoms with Crippen LogP contribution in [0.25, 0.3) is 0 Å². The van der Waals surface area contributed by atoms with Gasteiger partial charge in [-0.15, -0.1) is 0 Å². The van der Waals surface area contributed by atoms with Gasteiger partial charge in [0, 0.05) is 0 Å². The van der Waals surface area contributed by atoms with Gasteiger partial charge in [-0.1, -0.05) is 75.7 Å². The molecule has 0 aliphatic carbocycles. The van der Waals surface area contributed by atoms with Crippen molar-refractivity contribution in [2.75, 3.05) is 0 Å². The van der Waals surface area contributed by atoms with Crippen molar-refractivity contribution in [3.63, 3.8) is 0 Å². The molecule has 0 aromatic rings. The molecule has 0 saturated carbocycles. The monoisotopic (exact) mass is 388 g/mol. The Kier molecular flexibility index (Phi) is 12.1. The second-order valence-electron chi connectivity index (χ2n) is 8.99. The summed E-state index contributed by atoms with van der Waals surface area (Å²) in [5, 5.41) is 0. The van der Waals surface area contributed by atoms with Crippen molar-refractivity contribution in [3.05, 3.63) is 0 Å². The minimum absolute atomic E-state index is 0.104. The van der Waals surface area contributed by atoms with Gasteiger partial charge in [-0.05, 0) is 48.6 Å². The lowest BCUT2D eigenvalue weighted by molar-refractivity contribution is -0.0237. The lowest BCUT2D eigenvalue weighted by Gasteiger charge is -2.42. The van der Waals surface area contributed by atoms with Crippen molar-refractivity contribution in [2.45, 2.75) is 112 Å². The van der Waals surface area contributed by atoms with Crippen LogP contribution in [0.4, 0.5) is 0 Å². The van der Waals surface area contributed by atoms with Gasteiger partial charge in [-0.2, -0.15) is 0 Å². The van der Waals surface area contributed by atoms with E-state index in [1.807, 2.05) is 0 Å². The Balaban J connectivity index is 4.26. The quantitative estimate of drug-likeness (QED) is 0.295. The molecule has 0 heterocycles. The van der Waals surface area contributed by atoms with Crippen LogP contribution in [0.5, 0.6) is 0 Å². The van der Waals surface area contributed by atoms with E-state index in [2.05, 4.69) is 69.2 Å². The average Bonchev–Trinajstić information content (AvgIpc) is 2.52. The fourth-order valence-electron chi connectivity index (χ4n) is 4.74. The van der Waals surface area contributed by atoms with Crippen LogP contribution < -0.4 is 0 Å². The van der Waals surface area contributed by atoms with E-state index in [0.29, 0.717) is 23.7 Å². The maximum absolute atomic E-state index is 6.56. The third kappa shape index (κ3) is 6.78. The van der Waals surface area contributed by atoms with Crippen LogP contribution >= 0.6 is 0 Å². The van der Waals surface area contributed by atoms with Crippen LogP contribution in [0.1, 0.15) is 88.5 Å². The predicted molar refractivity (Wildman–Crippen MR) is 119 cm³/mol. The molecule has 0 aromatic carbocycles. The van der Waals surface area contributed by atoms with Gasteiger partial charge in [0.1, 0.15) is 0 Å². The summed E-state index contributed by atoms with van der Waals surface area (Å²) < 4.78 is 13.1. The Bertz CT molecular complexity index is 293. The van der Waals surface area contributed by atoms with E-state index in [1.165, 1.54) is 18.5 Å². The summed E-state index contributed by atoms with van der Waals surface area (Å²) in [4.78, 5) is 0. The molecular weight excluding hydrogens is 340 g/mol. The molecule has 0 fully saturated rings. The topological polar surface area (TPSA) is 18.5 Å². The van der Waals surface area contributed by atoms with Gasteiger partial charge in [-0.3, -0.25) is 0 Å². The van der Waals surface area contributed by atoms with E-state index >= 15 is 0 Å². The van der Waals surface area contributed by atoms with Crippen molar-refractivity contribution in [1.29, 1.82) is 0 Å². The molecule has 0 aliphatic rings. The van der Waals surface area contributed by atoms with Crippen LogP contribution in [0.15, 0.2) is 0 Å². The molecule has 25 heavy (non-hydrogen) atoms. The Morgan fingerprint density at radius 2 is 0.880 bits per heavy atom. The zero-order chi connectivity index (χ0) is 19.7. The number of rotatable bonds is 14.